The van der Waals surface area contributed by atoms with Crippen LogP contribution in [0.1, 0.15) is 18.9 Å². The third-order valence-electron chi connectivity index (χ3n) is 2.27. The molecule has 0 heterocycles. The molecular weight excluding hydrogens is 262 g/mol. The van der Waals surface area contributed by atoms with Gasteiger partial charge in [0, 0.05) is 6.54 Å². The summed E-state index contributed by atoms with van der Waals surface area (Å²) in [5.74, 6) is 0.585. The van der Waals surface area contributed by atoms with E-state index in [-0.39, 0.29) is 12.3 Å². The zero-order valence-corrected chi connectivity index (χ0v) is 12.0. The maximum absolute atomic E-state index is 11.5. The zero-order valence-electron chi connectivity index (χ0n) is 11.2. The number of hydrogen-bond donors (Lipinski definition) is 3. The first-order valence-electron chi connectivity index (χ1n) is 6.14. The molecule has 1 aromatic carbocycles. The Morgan fingerprint density at radius 1 is 1.26 bits per heavy atom. The number of carbonyl (C=O) groups excluding carboxylic acids is 1. The minimum Gasteiger partial charge on any atom is -0.493 e. The Bertz CT molecular complexity index is 420. The molecule has 0 bridgehead atoms. The van der Waals surface area contributed by atoms with E-state index >= 15 is 0 Å². The van der Waals surface area contributed by atoms with Crippen molar-refractivity contribution in [3.8, 4) is 5.75 Å². The lowest BCUT2D eigenvalue weighted by molar-refractivity contribution is -0.122. The van der Waals surface area contributed by atoms with Gasteiger partial charge in [-0.1, -0.05) is 17.7 Å². The van der Waals surface area contributed by atoms with Crippen molar-refractivity contribution in [3.05, 3.63) is 29.8 Å². The Balaban J connectivity index is 2.16. The number of thiocarbonyl (C=S) groups is 1. The summed E-state index contributed by atoms with van der Waals surface area (Å²) in [6, 6.07) is 7.69. The minimum absolute atomic E-state index is 0.174. The molecule has 6 heteroatoms. The van der Waals surface area contributed by atoms with Crippen LogP contribution in [-0.4, -0.2) is 24.2 Å². The summed E-state index contributed by atoms with van der Waals surface area (Å²) >= 11 is 4.90. The third kappa shape index (κ3) is 6.61. The lowest BCUT2D eigenvalue weighted by Gasteiger charge is -2.10. The van der Waals surface area contributed by atoms with Crippen molar-refractivity contribution in [3.63, 3.8) is 0 Å². The van der Waals surface area contributed by atoms with E-state index in [1.54, 1.807) is 0 Å². The highest BCUT2D eigenvalue weighted by atomic mass is 32.1. The van der Waals surface area contributed by atoms with Crippen molar-refractivity contribution in [2.75, 3.05) is 13.2 Å². The second-order valence-electron chi connectivity index (χ2n) is 3.94. The van der Waals surface area contributed by atoms with Crippen LogP contribution >= 0.6 is 12.2 Å². The minimum atomic E-state index is -0.174. The Hall–Kier alpha value is -1.82. The number of ether oxygens (including phenoxy) is 1. The zero-order chi connectivity index (χ0) is 14.1. The lowest BCUT2D eigenvalue weighted by Crippen LogP contribution is -2.46. The van der Waals surface area contributed by atoms with E-state index in [0.717, 1.165) is 5.75 Å². The molecular formula is C13H19N3O2S. The smallest absolute Gasteiger partial charge is 0.241 e. The molecule has 0 spiro atoms. The van der Waals surface area contributed by atoms with Gasteiger partial charge in [-0.25, -0.2) is 0 Å². The van der Waals surface area contributed by atoms with E-state index in [1.807, 2.05) is 38.1 Å². The van der Waals surface area contributed by atoms with Crippen LogP contribution in [-0.2, 0) is 4.79 Å². The number of rotatable bonds is 5. The summed E-state index contributed by atoms with van der Waals surface area (Å²) in [4.78, 5) is 11.5. The predicted molar refractivity (Wildman–Crippen MR) is 78.8 cm³/mol. The lowest BCUT2D eigenvalue weighted by atomic mass is 10.2. The average Bonchev–Trinajstić information content (AvgIpc) is 2.39. The normalized spacial score (nSPS) is 9.58. The van der Waals surface area contributed by atoms with Crippen molar-refractivity contribution in [1.29, 1.82) is 0 Å². The maximum atomic E-state index is 11.5. The van der Waals surface area contributed by atoms with Gasteiger partial charge in [0.15, 0.2) is 5.11 Å². The fraction of sp³-hybridized carbons (Fsp3) is 0.385. The van der Waals surface area contributed by atoms with Crippen LogP contribution in [0, 0.1) is 6.92 Å². The summed E-state index contributed by atoms with van der Waals surface area (Å²) in [7, 11) is 0. The van der Waals surface area contributed by atoms with Crippen molar-refractivity contribution >= 4 is 23.2 Å². The molecule has 0 atom stereocenters. The van der Waals surface area contributed by atoms with Crippen molar-refractivity contribution in [2.24, 2.45) is 0 Å². The molecule has 104 valence electrons. The molecule has 0 aliphatic heterocycles. The number of hydrazine groups is 1. The molecule has 0 unspecified atom stereocenters. The van der Waals surface area contributed by atoms with Gasteiger partial charge in [-0.3, -0.25) is 15.6 Å². The molecule has 0 aliphatic carbocycles. The number of amides is 1. The standard InChI is InChI=1S/C13H19N3O2S/c1-3-14-13(19)16-15-12(17)8-9-18-11-6-4-10(2)5-7-11/h4-7H,3,8-9H2,1-2H3,(H,15,17)(H2,14,16,19). The van der Waals surface area contributed by atoms with Gasteiger partial charge in [-0.05, 0) is 38.2 Å². The molecule has 0 saturated carbocycles. The van der Waals surface area contributed by atoms with Gasteiger partial charge in [0.2, 0.25) is 5.91 Å². The van der Waals surface area contributed by atoms with Crippen LogP contribution in [0.4, 0.5) is 0 Å². The molecule has 1 amide bonds. The largest absolute Gasteiger partial charge is 0.493 e. The van der Waals surface area contributed by atoms with Crippen molar-refractivity contribution < 1.29 is 9.53 Å². The Kier molecular flexibility index (Phi) is 6.67. The van der Waals surface area contributed by atoms with Gasteiger partial charge in [0.1, 0.15) is 5.75 Å². The third-order valence-corrected chi connectivity index (χ3v) is 2.52. The van der Waals surface area contributed by atoms with Crippen molar-refractivity contribution in [1.82, 2.24) is 16.2 Å². The molecule has 0 aromatic heterocycles. The van der Waals surface area contributed by atoms with Gasteiger partial charge < -0.3 is 10.1 Å². The highest BCUT2D eigenvalue weighted by Crippen LogP contribution is 2.11. The highest BCUT2D eigenvalue weighted by Gasteiger charge is 2.02. The fourth-order valence-electron chi connectivity index (χ4n) is 1.29. The second-order valence-corrected chi connectivity index (χ2v) is 4.35. The molecule has 1 aromatic rings. The predicted octanol–water partition coefficient (Wildman–Crippen LogP) is 1.28. The summed E-state index contributed by atoms with van der Waals surface area (Å²) < 4.78 is 5.45. The van der Waals surface area contributed by atoms with E-state index in [4.69, 9.17) is 17.0 Å². The summed E-state index contributed by atoms with van der Waals surface area (Å²) in [6.45, 7) is 4.96. The summed E-state index contributed by atoms with van der Waals surface area (Å²) in [5.41, 5.74) is 6.27. The van der Waals surface area contributed by atoms with Gasteiger partial charge in [0.25, 0.3) is 0 Å². The van der Waals surface area contributed by atoms with E-state index in [0.29, 0.717) is 18.3 Å². The number of hydrogen-bond acceptors (Lipinski definition) is 3. The van der Waals surface area contributed by atoms with E-state index in [9.17, 15) is 4.79 Å². The number of nitrogens with one attached hydrogen (secondary N) is 3. The van der Waals surface area contributed by atoms with Gasteiger partial charge in [-0.2, -0.15) is 0 Å². The van der Waals surface area contributed by atoms with Crippen LogP contribution < -0.4 is 20.9 Å². The first-order valence-corrected chi connectivity index (χ1v) is 6.54. The molecule has 1 rings (SSSR count). The quantitative estimate of drug-likeness (QED) is 0.560. The highest BCUT2D eigenvalue weighted by molar-refractivity contribution is 7.80. The summed E-state index contributed by atoms with van der Waals surface area (Å²) in [6.07, 6.45) is 0.260. The number of aryl methyl sites for hydroxylation is 1. The molecule has 5 nitrogen and oxygen atoms in total. The van der Waals surface area contributed by atoms with Gasteiger partial charge in [0.05, 0.1) is 13.0 Å². The summed E-state index contributed by atoms with van der Waals surface area (Å²) in [5, 5.41) is 3.26. The molecule has 0 fully saturated rings. The SMILES string of the molecule is CCNC(=S)NNC(=O)CCOc1ccc(C)cc1. The average molecular weight is 281 g/mol. The van der Waals surface area contributed by atoms with E-state index < -0.39 is 0 Å². The van der Waals surface area contributed by atoms with E-state index in [2.05, 4.69) is 16.2 Å². The first-order chi connectivity index (χ1) is 9.11. The number of carbonyl (C=O) groups is 1. The number of benzene rings is 1. The topological polar surface area (TPSA) is 62.4 Å². The Morgan fingerprint density at radius 2 is 1.95 bits per heavy atom. The molecule has 19 heavy (non-hydrogen) atoms. The van der Waals surface area contributed by atoms with E-state index in [1.165, 1.54) is 5.56 Å². The van der Waals surface area contributed by atoms with Crippen LogP contribution in [0.2, 0.25) is 0 Å². The van der Waals surface area contributed by atoms with Gasteiger partial charge >= 0.3 is 0 Å². The Morgan fingerprint density at radius 3 is 2.58 bits per heavy atom. The maximum Gasteiger partial charge on any atom is 0.241 e. The first kappa shape index (κ1) is 15.2. The molecule has 3 N–H and O–H groups in total. The second kappa shape index (κ2) is 8.31. The van der Waals surface area contributed by atoms with Crippen LogP contribution in [0.5, 0.6) is 5.75 Å². The molecule has 0 radical (unpaired) electrons. The van der Waals surface area contributed by atoms with Crippen LogP contribution in [0.3, 0.4) is 0 Å². The van der Waals surface area contributed by atoms with Crippen LogP contribution in [0.25, 0.3) is 0 Å². The molecule has 0 aliphatic rings. The van der Waals surface area contributed by atoms with Gasteiger partial charge in [-0.15, -0.1) is 0 Å². The van der Waals surface area contributed by atoms with Crippen molar-refractivity contribution in [2.45, 2.75) is 20.3 Å². The molecule has 0 saturated heterocycles. The fourth-order valence-corrected chi connectivity index (χ4v) is 1.49. The Labute approximate surface area is 118 Å². The monoisotopic (exact) mass is 281 g/mol. The van der Waals surface area contributed by atoms with Crippen LogP contribution in [0.15, 0.2) is 24.3 Å².